The molecule has 0 aromatic heterocycles. The predicted octanol–water partition coefficient (Wildman–Crippen LogP) is 1.68. The molecule has 0 spiro atoms. The van der Waals surface area contributed by atoms with Crippen LogP contribution in [0.4, 0.5) is 0 Å². The van der Waals surface area contributed by atoms with Crippen molar-refractivity contribution in [3.05, 3.63) is 4.91 Å². The summed E-state index contributed by atoms with van der Waals surface area (Å²) in [6.07, 6.45) is -1.52. The van der Waals surface area contributed by atoms with Gasteiger partial charge in [-0.2, -0.15) is 0 Å². The molecule has 0 N–H and O–H groups in total. The molecule has 76 valence electrons. The number of nitroso groups, excluding NO2 is 1. The van der Waals surface area contributed by atoms with E-state index in [-0.39, 0.29) is 12.5 Å². The lowest BCUT2D eigenvalue weighted by molar-refractivity contribution is -0.159. The summed E-state index contributed by atoms with van der Waals surface area (Å²) in [6.45, 7) is 6.24. The highest BCUT2D eigenvalue weighted by molar-refractivity contribution is 5.66. The summed E-state index contributed by atoms with van der Waals surface area (Å²) < 4.78 is 12.5. The van der Waals surface area contributed by atoms with Gasteiger partial charge in [0.15, 0.2) is 6.20 Å². The number of esters is 1. The lowest BCUT2D eigenvalue weighted by Gasteiger charge is -2.27. The molecule has 0 radical (unpaired) electrons. The average Bonchev–Trinajstić information content (AvgIpc) is 2.03. The maximum atomic E-state index is 10.7. The second-order valence-electron chi connectivity index (χ2n) is 2.86. The third-order valence-electron chi connectivity index (χ3n) is 1.40. The average molecular weight is 189 g/mol. The molecule has 5 heteroatoms. The molecule has 5 nitrogen and oxygen atoms in total. The van der Waals surface area contributed by atoms with Crippen LogP contribution >= 0.6 is 0 Å². The highest BCUT2D eigenvalue weighted by atomic mass is 16.6. The first kappa shape index (κ1) is 9.95. The Kier molecular flexibility index (Phi) is 4.21. The number of carbonyl (C=O) groups is 1. The third-order valence-corrected chi connectivity index (χ3v) is 1.40. The molecule has 0 rings (SSSR count). The van der Waals surface area contributed by atoms with E-state index in [9.17, 15) is 9.70 Å². The summed E-state index contributed by atoms with van der Waals surface area (Å²) in [7, 11) is 0. The van der Waals surface area contributed by atoms with Gasteiger partial charge in [-0.1, -0.05) is 6.92 Å². The molecule has 0 aliphatic rings. The van der Waals surface area contributed by atoms with Gasteiger partial charge >= 0.3 is 5.97 Å². The molecular formula is C8H16N2O3. The smallest absolute Gasteiger partial charge is 0.304 e. The molecule has 0 saturated carbocycles. The highest BCUT2D eigenvalue weighted by Gasteiger charge is 2.21. The van der Waals surface area contributed by atoms with Gasteiger partial charge in [0.2, 0.25) is 0 Å². The van der Waals surface area contributed by atoms with Crippen molar-refractivity contribution in [3.8, 4) is 0 Å². The van der Waals surface area contributed by atoms with Crippen LogP contribution in [0.1, 0.15) is 35.5 Å². The number of hydrogen-bond acceptors (Lipinski definition) is 4. The van der Waals surface area contributed by atoms with Crippen molar-refractivity contribution in [2.45, 2.75) is 46.4 Å². The quantitative estimate of drug-likeness (QED) is 0.286. The van der Waals surface area contributed by atoms with Crippen molar-refractivity contribution < 1.29 is 10.9 Å². The number of rotatable bonds is 5. The minimum absolute atomic E-state index is 0.177. The van der Waals surface area contributed by atoms with Gasteiger partial charge in [-0.05, 0) is 13.8 Å². The minimum Gasteiger partial charge on any atom is -0.440 e. The molecule has 1 atom stereocenters. The lowest BCUT2D eigenvalue weighted by atomic mass is 10.3. The normalized spacial score (nSPS) is 15.9. The van der Waals surface area contributed by atoms with E-state index < -0.39 is 12.2 Å². The Bertz CT molecular complexity index is 223. The summed E-state index contributed by atoms with van der Waals surface area (Å²) in [5, 5.41) is 3.63. The molecule has 0 amide bonds. The number of ether oxygens (including phenoxy) is 1. The monoisotopic (exact) mass is 189 g/mol. The topological polar surface area (TPSA) is 59.0 Å². The zero-order chi connectivity index (χ0) is 11.4. The maximum Gasteiger partial charge on any atom is 0.304 e. The summed E-state index contributed by atoms with van der Waals surface area (Å²) in [4.78, 5) is 21.2. The first-order chi connectivity index (χ1) is 6.37. The van der Waals surface area contributed by atoms with E-state index in [1.807, 2.05) is 0 Å². The summed E-state index contributed by atoms with van der Waals surface area (Å²) in [5.74, 6) is -0.601. The summed E-state index contributed by atoms with van der Waals surface area (Å²) in [6, 6.07) is -0.288. The van der Waals surface area contributed by atoms with Gasteiger partial charge in [-0.15, -0.1) is 4.91 Å². The van der Waals surface area contributed by atoms with Crippen molar-refractivity contribution in [1.82, 2.24) is 5.01 Å². The molecule has 0 aromatic carbocycles. The van der Waals surface area contributed by atoms with Gasteiger partial charge in [0.05, 0.1) is 5.29 Å². The fourth-order valence-electron chi connectivity index (χ4n) is 0.875. The van der Waals surface area contributed by atoms with Crippen LogP contribution in [0.2, 0.25) is 0 Å². The molecule has 0 aliphatic heterocycles. The fourth-order valence-corrected chi connectivity index (χ4v) is 0.875. The van der Waals surface area contributed by atoms with E-state index in [0.717, 1.165) is 5.01 Å². The van der Waals surface area contributed by atoms with E-state index in [1.54, 1.807) is 20.8 Å². The van der Waals surface area contributed by atoms with Crippen LogP contribution in [0.15, 0.2) is 5.29 Å². The van der Waals surface area contributed by atoms with E-state index >= 15 is 0 Å². The van der Waals surface area contributed by atoms with Crippen LogP contribution < -0.4 is 0 Å². The van der Waals surface area contributed by atoms with Crippen molar-refractivity contribution in [2.75, 3.05) is 0 Å². The van der Waals surface area contributed by atoms with Crippen molar-refractivity contribution in [1.29, 1.82) is 0 Å². The number of nitrogens with zero attached hydrogens (tertiary/aromatic N) is 2. The van der Waals surface area contributed by atoms with Crippen LogP contribution in [-0.4, -0.2) is 23.2 Å². The number of hydrogen-bond donors (Lipinski definition) is 0. The second kappa shape index (κ2) is 5.50. The SMILES string of the molecule is [2H]C(CC)(OC(C)=O)N(N=O)C(C)C. The van der Waals surface area contributed by atoms with Crippen molar-refractivity contribution in [2.24, 2.45) is 5.29 Å². The van der Waals surface area contributed by atoms with Crippen LogP contribution in [0.5, 0.6) is 0 Å². The highest BCUT2D eigenvalue weighted by Crippen LogP contribution is 2.10. The predicted molar refractivity (Wildman–Crippen MR) is 48.6 cm³/mol. The molecule has 0 heterocycles. The zero-order valence-electron chi connectivity index (χ0n) is 9.40. The van der Waals surface area contributed by atoms with E-state index in [0.29, 0.717) is 0 Å². The lowest BCUT2D eigenvalue weighted by Crippen LogP contribution is -2.38. The molecular weight excluding hydrogens is 172 g/mol. The summed E-state index contributed by atoms with van der Waals surface area (Å²) >= 11 is 0. The molecule has 0 saturated heterocycles. The molecule has 0 fully saturated rings. The molecule has 0 bridgehead atoms. The van der Waals surface area contributed by atoms with Gasteiger partial charge in [0.1, 0.15) is 1.37 Å². The Balaban J connectivity index is 4.79. The largest absolute Gasteiger partial charge is 0.440 e. The standard InChI is InChI=1S/C8H16N2O3/c1-5-8(13-7(4)11)10(9-12)6(2)3/h6,8H,5H2,1-4H3/i8D. The second-order valence-corrected chi connectivity index (χ2v) is 2.86. The minimum atomic E-state index is -1.69. The van der Waals surface area contributed by atoms with Gasteiger partial charge in [0.25, 0.3) is 0 Å². The zero-order valence-corrected chi connectivity index (χ0v) is 8.40. The third kappa shape index (κ3) is 3.87. The van der Waals surface area contributed by atoms with E-state index in [4.69, 9.17) is 6.11 Å². The number of carbonyl (C=O) groups excluding carboxylic acids is 1. The molecule has 1 unspecified atom stereocenters. The van der Waals surface area contributed by atoms with Crippen LogP contribution in [0, 0.1) is 4.91 Å². The van der Waals surface area contributed by atoms with Gasteiger partial charge < -0.3 is 4.74 Å². The van der Waals surface area contributed by atoms with E-state index in [2.05, 4.69) is 5.29 Å². The van der Waals surface area contributed by atoms with Crippen molar-refractivity contribution in [3.63, 3.8) is 0 Å². The molecule has 0 aromatic rings. The Hall–Kier alpha value is -1.13. The van der Waals surface area contributed by atoms with E-state index in [1.165, 1.54) is 6.92 Å². The Morgan fingerprint density at radius 1 is 1.69 bits per heavy atom. The first-order valence-corrected chi connectivity index (χ1v) is 4.19. The van der Waals surface area contributed by atoms with Gasteiger partial charge in [0, 0.05) is 19.4 Å². The molecule has 13 heavy (non-hydrogen) atoms. The Labute approximate surface area is 79.4 Å². The Morgan fingerprint density at radius 3 is 2.46 bits per heavy atom. The van der Waals surface area contributed by atoms with Crippen molar-refractivity contribution >= 4 is 5.97 Å². The molecule has 0 aliphatic carbocycles. The first-order valence-electron chi connectivity index (χ1n) is 4.69. The van der Waals surface area contributed by atoms with Crippen LogP contribution in [-0.2, 0) is 9.53 Å². The maximum absolute atomic E-state index is 10.7. The van der Waals surface area contributed by atoms with Crippen LogP contribution in [0.3, 0.4) is 0 Å². The fraction of sp³-hybridized carbons (Fsp3) is 0.875. The van der Waals surface area contributed by atoms with Gasteiger partial charge in [-0.3, -0.25) is 4.79 Å². The Morgan fingerprint density at radius 2 is 2.23 bits per heavy atom. The van der Waals surface area contributed by atoms with Gasteiger partial charge in [-0.25, -0.2) is 5.01 Å². The van der Waals surface area contributed by atoms with Crippen LogP contribution in [0.25, 0.3) is 0 Å². The summed E-state index contributed by atoms with van der Waals surface area (Å²) in [5.41, 5.74) is 0.